The number of amides is 1. The number of aryl methyl sites for hydroxylation is 1. The van der Waals surface area contributed by atoms with Gasteiger partial charge >= 0.3 is 0 Å². The van der Waals surface area contributed by atoms with E-state index >= 15 is 0 Å². The van der Waals surface area contributed by atoms with Crippen LogP contribution in [0.4, 0.5) is 5.82 Å². The van der Waals surface area contributed by atoms with Gasteiger partial charge in [0.15, 0.2) is 5.72 Å². The van der Waals surface area contributed by atoms with Gasteiger partial charge in [-0.15, -0.1) is 0 Å². The average Bonchev–Trinajstić information content (AvgIpc) is 2.85. The maximum Gasteiger partial charge on any atom is 0.262 e. The highest BCUT2D eigenvalue weighted by Crippen LogP contribution is 2.44. The van der Waals surface area contributed by atoms with Gasteiger partial charge in [-0.2, -0.15) is 0 Å². The lowest BCUT2D eigenvalue weighted by Gasteiger charge is -2.34. The molecule has 0 radical (unpaired) electrons. The van der Waals surface area contributed by atoms with Gasteiger partial charge in [-0.1, -0.05) is 54.6 Å². The summed E-state index contributed by atoms with van der Waals surface area (Å²) in [6, 6.07) is 21.8. The number of anilines is 1. The lowest BCUT2D eigenvalue weighted by Crippen LogP contribution is -2.45. The molecule has 0 saturated carbocycles. The van der Waals surface area contributed by atoms with Crippen LogP contribution >= 0.6 is 0 Å². The number of hydrogen-bond acceptors (Lipinski definition) is 3. The van der Waals surface area contributed by atoms with E-state index in [1.165, 1.54) is 4.90 Å². The van der Waals surface area contributed by atoms with E-state index in [0.717, 1.165) is 5.69 Å². The lowest BCUT2D eigenvalue weighted by molar-refractivity contribution is 0.0698. The fourth-order valence-corrected chi connectivity index (χ4v) is 3.24. The van der Waals surface area contributed by atoms with Gasteiger partial charge in [-0.3, -0.25) is 9.69 Å². The molecule has 4 rings (SSSR count). The molecule has 0 fully saturated rings. The first-order chi connectivity index (χ1) is 11.6. The first-order valence-corrected chi connectivity index (χ1v) is 7.78. The molecule has 0 bridgehead atoms. The summed E-state index contributed by atoms with van der Waals surface area (Å²) in [4.78, 5) is 18.9. The summed E-state index contributed by atoms with van der Waals surface area (Å²) in [6.45, 7) is 1.86. The molecule has 118 valence electrons. The fraction of sp³-hybridized carbons (Fsp3) is 0.100. The highest BCUT2D eigenvalue weighted by Gasteiger charge is 2.51. The number of hydrogen-bond donors (Lipinski definition) is 1. The standard InChI is InChI=1S/C20H16N2O2/c1-14-8-7-13-18(21-14)22-19(23)16-11-5-6-12-17(16)20(22,24)15-9-3-2-4-10-15/h2-13,24H,1H3/t20-/m0/s1. The van der Waals surface area contributed by atoms with Crippen molar-refractivity contribution in [2.45, 2.75) is 12.6 Å². The molecule has 0 saturated heterocycles. The van der Waals surface area contributed by atoms with Crippen LogP contribution in [0.1, 0.15) is 27.2 Å². The molecule has 4 nitrogen and oxygen atoms in total. The van der Waals surface area contributed by atoms with Gasteiger partial charge in [0.05, 0.1) is 0 Å². The lowest BCUT2D eigenvalue weighted by atomic mass is 9.94. The summed E-state index contributed by atoms with van der Waals surface area (Å²) in [7, 11) is 0. The Morgan fingerprint density at radius 2 is 1.62 bits per heavy atom. The zero-order valence-corrected chi connectivity index (χ0v) is 13.2. The SMILES string of the molecule is Cc1cccc(N2C(=O)c3ccccc3[C@@]2(O)c2ccccc2)n1. The number of pyridine rings is 1. The van der Waals surface area contributed by atoms with Crippen molar-refractivity contribution in [2.24, 2.45) is 0 Å². The van der Waals surface area contributed by atoms with Crippen LogP contribution in [0.25, 0.3) is 0 Å². The van der Waals surface area contributed by atoms with Gasteiger partial charge in [0.1, 0.15) is 5.82 Å². The van der Waals surface area contributed by atoms with Crippen molar-refractivity contribution in [3.8, 4) is 0 Å². The maximum atomic E-state index is 13.0. The van der Waals surface area contributed by atoms with Crippen LogP contribution in [-0.4, -0.2) is 16.0 Å². The second-order valence-corrected chi connectivity index (χ2v) is 5.86. The minimum atomic E-state index is -1.57. The number of aromatic nitrogens is 1. The van der Waals surface area contributed by atoms with Crippen molar-refractivity contribution in [2.75, 3.05) is 4.90 Å². The molecule has 1 aliphatic heterocycles. The van der Waals surface area contributed by atoms with Crippen LogP contribution in [0, 0.1) is 6.92 Å². The summed E-state index contributed by atoms with van der Waals surface area (Å²) in [5.41, 5.74) is 0.908. The molecule has 24 heavy (non-hydrogen) atoms. The molecule has 0 aliphatic carbocycles. The van der Waals surface area contributed by atoms with Crippen molar-refractivity contribution in [1.82, 2.24) is 4.98 Å². The van der Waals surface area contributed by atoms with E-state index < -0.39 is 5.72 Å². The Bertz CT molecular complexity index is 924. The van der Waals surface area contributed by atoms with Gasteiger partial charge < -0.3 is 5.11 Å². The Kier molecular flexibility index (Phi) is 3.22. The van der Waals surface area contributed by atoms with E-state index in [9.17, 15) is 9.90 Å². The minimum Gasteiger partial charge on any atom is -0.363 e. The molecule has 1 atom stereocenters. The first-order valence-electron chi connectivity index (χ1n) is 7.78. The number of nitrogens with zero attached hydrogens (tertiary/aromatic N) is 2. The summed E-state index contributed by atoms with van der Waals surface area (Å²) < 4.78 is 0. The van der Waals surface area contributed by atoms with Crippen molar-refractivity contribution >= 4 is 11.7 Å². The van der Waals surface area contributed by atoms with Crippen LogP contribution in [0.2, 0.25) is 0 Å². The van der Waals surface area contributed by atoms with Crippen molar-refractivity contribution < 1.29 is 9.90 Å². The molecule has 2 heterocycles. The third kappa shape index (κ3) is 1.97. The molecule has 1 amide bonds. The van der Waals surface area contributed by atoms with Gasteiger partial charge in [0.25, 0.3) is 5.91 Å². The molecule has 0 unspecified atom stereocenters. The number of carbonyl (C=O) groups excluding carboxylic acids is 1. The number of benzene rings is 2. The molecular formula is C20H16N2O2. The van der Waals surface area contributed by atoms with Crippen LogP contribution in [0.3, 0.4) is 0 Å². The summed E-state index contributed by atoms with van der Waals surface area (Å²) >= 11 is 0. The van der Waals surface area contributed by atoms with Crippen molar-refractivity contribution in [3.05, 3.63) is 95.2 Å². The van der Waals surface area contributed by atoms with Crippen LogP contribution in [-0.2, 0) is 5.72 Å². The number of carbonyl (C=O) groups is 1. The summed E-state index contributed by atoms with van der Waals surface area (Å²) in [6.07, 6.45) is 0. The van der Waals surface area contributed by atoms with E-state index in [2.05, 4.69) is 4.98 Å². The average molecular weight is 316 g/mol. The van der Waals surface area contributed by atoms with Crippen LogP contribution in [0.15, 0.2) is 72.8 Å². The number of fused-ring (bicyclic) bond motifs is 1. The summed E-state index contributed by atoms with van der Waals surface area (Å²) in [5.74, 6) is 0.178. The second-order valence-electron chi connectivity index (χ2n) is 5.86. The molecule has 0 spiro atoms. The van der Waals surface area contributed by atoms with Gasteiger partial charge in [0, 0.05) is 22.4 Å². The molecular weight excluding hydrogens is 300 g/mol. The molecule has 2 aromatic carbocycles. The van der Waals surface area contributed by atoms with Gasteiger partial charge in [-0.05, 0) is 25.1 Å². The van der Waals surface area contributed by atoms with E-state index in [0.29, 0.717) is 22.5 Å². The van der Waals surface area contributed by atoms with Crippen molar-refractivity contribution in [1.29, 1.82) is 0 Å². The van der Waals surface area contributed by atoms with Gasteiger partial charge in [-0.25, -0.2) is 4.98 Å². The largest absolute Gasteiger partial charge is 0.363 e. The first kappa shape index (κ1) is 14.6. The zero-order chi connectivity index (χ0) is 16.7. The molecule has 4 heteroatoms. The Morgan fingerprint density at radius 1 is 0.917 bits per heavy atom. The molecule has 1 aromatic heterocycles. The molecule has 1 aliphatic rings. The fourth-order valence-electron chi connectivity index (χ4n) is 3.24. The molecule has 3 aromatic rings. The number of aliphatic hydroxyl groups is 1. The third-order valence-electron chi connectivity index (χ3n) is 4.34. The van der Waals surface area contributed by atoms with Gasteiger partial charge in [0.2, 0.25) is 0 Å². The third-order valence-corrected chi connectivity index (χ3v) is 4.34. The van der Waals surface area contributed by atoms with E-state index in [4.69, 9.17) is 0 Å². The smallest absolute Gasteiger partial charge is 0.262 e. The van der Waals surface area contributed by atoms with Crippen molar-refractivity contribution in [3.63, 3.8) is 0 Å². The van der Waals surface area contributed by atoms with Crippen LogP contribution in [0.5, 0.6) is 0 Å². The topological polar surface area (TPSA) is 53.4 Å². The summed E-state index contributed by atoms with van der Waals surface area (Å²) in [5, 5.41) is 11.7. The predicted octanol–water partition coefficient (Wildman–Crippen LogP) is 3.24. The maximum absolute atomic E-state index is 13.0. The highest BCUT2D eigenvalue weighted by atomic mass is 16.3. The monoisotopic (exact) mass is 316 g/mol. The second kappa shape index (κ2) is 5.28. The highest BCUT2D eigenvalue weighted by molar-refractivity contribution is 6.11. The number of rotatable bonds is 2. The quantitative estimate of drug-likeness (QED) is 0.789. The Hall–Kier alpha value is -2.98. The van der Waals surface area contributed by atoms with E-state index in [1.54, 1.807) is 24.3 Å². The normalized spacial score (nSPS) is 19.4. The van der Waals surface area contributed by atoms with Crippen LogP contribution < -0.4 is 4.90 Å². The predicted molar refractivity (Wildman–Crippen MR) is 91.7 cm³/mol. The van der Waals surface area contributed by atoms with E-state index in [-0.39, 0.29) is 5.91 Å². The minimum absolute atomic E-state index is 0.255. The molecule has 1 N–H and O–H groups in total. The Morgan fingerprint density at radius 3 is 2.38 bits per heavy atom. The Labute approximate surface area is 140 Å². The zero-order valence-electron chi connectivity index (χ0n) is 13.2. The Balaban J connectivity index is 2.00. The van der Waals surface area contributed by atoms with E-state index in [1.807, 2.05) is 55.5 Å².